The number of benzene rings is 3. The minimum Gasteiger partial charge on any atom is -0.872 e. The van der Waals surface area contributed by atoms with Crippen molar-refractivity contribution in [3.63, 3.8) is 0 Å². The molecule has 0 bridgehead atoms. The molecule has 0 aliphatic carbocycles. The molecule has 0 fully saturated rings. The van der Waals surface area contributed by atoms with Gasteiger partial charge in [-0.2, -0.15) is 5.10 Å². The maximum Gasteiger partial charge on any atom is 0.344 e. The Labute approximate surface area is 220 Å². The fourth-order valence-corrected chi connectivity index (χ4v) is 2.88. The predicted molar refractivity (Wildman–Crippen MR) is 140 cm³/mol. The summed E-state index contributed by atoms with van der Waals surface area (Å²) < 4.78 is 0. The van der Waals surface area contributed by atoms with E-state index in [-0.39, 0.29) is 51.8 Å². The van der Waals surface area contributed by atoms with Gasteiger partial charge in [0.05, 0.1) is 18.5 Å². The number of nitrogens with zero attached hydrogens (tertiary/aromatic N) is 3. The molecule has 14 heteroatoms. The maximum atomic E-state index is 10.7. The van der Waals surface area contributed by atoms with Crippen LogP contribution in [-0.4, -0.2) is 49.2 Å². The number of carbonyl (C=O) groups is 1. The van der Waals surface area contributed by atoms with E-state index < -0.39 is 0 Å². The molecule has 0 atom stereocenters. The van der Waals surface area contributed by atoms with Crippen LogP contribution in [-0.2, 0) is 0 Å². The zero-order chi connectivity index (χ0) is 28.4. The smallest absolute Gasteiger partial charge is 0.344 e. The number of aldehydes is 1. The monoisotopic (exact) mass is 533 g/mol. The molecule has 10 N–H and O–H groups in total. The van der Waals surface area contributed by atoms with Crippen molar-refractivity contribution in [3.05, 3.63) is 77.4 Å². The van der Waals surface area contributed by atoms with Gasteiger partial charge in [-0.05, 0) is 48.5 Å². The normalized spacial score (nSPS) is 10.7. The number of phenolic OH excluding ortho intramolecular Hbond substituents is 5. The SMILES string of the molecule is Nc1nc(N/N=C/c2cc(O)ccc2O)cc(N/N=C/c2cc(O)ccc2O)[nH+]1.O=Cc1cc(O)ccc1[O-]. The molecule has 0 radical (unpaired) electrons. The van der Waals surface area contributed by atoms with Crippen LogP contribution in [0.3, 0.4) is 0 Å². The van der Waals surface area contributed by atoms with Crippen molar-refractivity contribution in [3.8, 4) is 34.5 Å². The van der Waals surface area contributed by atoms with E-state index in [0.29, 0.717) is 23.2 Å². The molecule has 0 aliphatic rings. The summed E-state index contributed by atoms with van der Waals surface area (Å²) in [6, 6.07) is 13.1. The number of aromatic amines is 1. The van der Waals surface area contributed by atoms with Gasteiger partial charge >= 0.3 is 5.95 Å². The summed E-state index contributed by atoms with van der Waals surface area (Å²) in [4.78, 5) is 16.8. The second kappa shape index (κ2) is 12.8. The maximum absolute atomic E-state index is 10.7. The van der Waals surface area contributed by atoms with Crippen LogP contribution in [0, 0.1) is 0 Å². The first-order valence-electron chi connectivity index (χ1n) is 10.9. The molecule has 39 heavy (non-hydrogen) atoms. The van der Waals surface area contributed by atoms with Crippen molar-refractivity contribution in [1.29, 1.82) is 0 Å². The largest absolute Gasteiger partial charge is 0.872 e. The van der Waals surface area contributed by atoms with Gasteiger partial charge in [0.1, 0.15) is 35.0 Å². The molecule has 1 heterocycles. The zero-order valence-corrected chi connectivity index (χ0v) is 20.0. The topological polar surface area (TPSA) is 243 Å². The van der Waals surface area contributed by atoms with Crippen molar-refractivity contribution >= 4 is 36.3 Å². The van der Waals surface area contributed by atoms with Gasteiger partial charge in [-0.15, -0.1) is 5.10 Å². The van der Waals surface area contributed by atoms with Gasteiger partial charge in [0, 0.05) is 16.7 Å². The Balaban J connectivity index is 0.000000353. The number of H-pyrrole nitrogens is 1. The van der Waals surface area contributed by atoms with E-state index >= 15 is 0 Å². The molecule has 0 saturated heterocycles. The second-order valence-electron chi connectivity index (χ2n) is 7.63. The van der Waals surface area contributed by atoms with E-state index in [4.69, 9.17) is 10.8 Å². The lowest BCUT2D eigenvalue weighted by molar-refractivity contribution is -0.347. The summed E-state index contributed by atoms with van der Waals surface area (Å²) in [5, 5.41) is 65.7. The molecule has 4 rings (SSSR count). The Morgan fingerprint density at radius 1 is 0.769 bits per heavy atom. The van der Waals surface area contributed by atoms with Gasteiger partial charge in [-0.1, -0.05) is 16.8 Å². The fraction of sp³-hybridized carbons (Fsp3) is 0. The number of aromatic nitrogens is 2. The standard InChI is InChI=1S/C18H17N7O4.C7H6O3/c19-18-22-16(24-20-8-10-5-12(26)1-3-14(10)28)7-17(23-18)25-21-9-11-6-13(27)2-4-15(11)29;8-4-5-3-6(9)1-2-7(5)10/h1-9,26-29H,(H4,19,22,23,24,25);1-4,9-10H/b20-8+,21-9+;. The van der Waals surface area contributed by atoms with Gasteiger partial charge in [-0.3, -0.25) is 10.2 Å². The number of rotatable bonds is 7. The highest BCUT2D eigenvalue weighted by Crippen LogP contribution is 2.21. The third-order valence-electron chi connectivity index (χ3n) is 4.70. The van der Waals surface area contributed by atoms with Crippen LogP contribution in [0.5, 0.6) is 34.5 Å². The zero-order valence-electron chi connectivity index (χ0n) is 20.0. The van der Waals surface area contributed by atoms with Gasteiger partial charge in [0.25, 0.3) is 0 Å². The molecule has 0 unspecified atom stereocenters. The Bertz CT molecular complexity index is 1450. The molecule has 0 amide bonds. The van der Waals surface area contributed by atoms with Crippen LogP contribution in [0.4, 0.5) is 17.6 Å². The van der Waals surface area contributed by atoms with Crippen LogP contribution >= 0.6 is 0 Å². The molecule has 3 aromatic carbocycles. The number of hydrogen-bond donors (Lipinski definition) is 8. The second-order valence-corrected chi connectivity index (χ2v) is 7.63. The molecule has 0 saturated carbocycles. The van der Waals surface area contributed by atoms with E-state index in [9.17, 15) is 30.3 Å². The summed E-state index contributed by atoms with van der Waals surface area (Å²) in [7, 11) is 0. The van der Waals surface area contributed by atoms with E-state index in [0.717, 1.165) is 12.1 Å². The van der Waals surface area contributed by atoms with Gasteiger partial charge < -0.3 is 36.4 Å². The van der Waals surface area contributed by atoms with Crippen molar-refractivity contribution in [2.24, 2.45) is 10.2 Å². The van der Waals surface area contributed by atoms with Gasteiger partial charge in [0.2, 0.25) is 11.6 Å². The number of nitrogen functional groups attached to an aromatic ring is 1. The summed E-state index contributed by atoms with van der Waals surface area (Å²) in [5.41, 5.74) is 11.7. The summed E-state index contributed by atoms with van der Waals surface area (Å²) in [5.74, 6) is 0.167. The highest BCUT2D eigenvalue weighted by Gasteiger charge is 2.07. The van der Waals surface area contributed by atoms with Crippen LogP contribution < -0.4 is 26.7 Å². The molecule has 200 valence electrons. The summed E-state index contributed by atoms with van der Waals surface area (Å²) in [6.45, 7) is 0. The third-order valence-corrected chi connectivity index (χ3v) is 4.70. The summed E-state index contributed by atoms with van der Waals surface area (Å²) in [6.07, 6.45) is 3.04. The quantitative estimate of drug-likeness (QED) is 0.0731. The van der Waals surface area contributed by atoms with Gasteiger partial charge in [0.15, 0.2) is 0 Å². The fourth-order valence-electron chi connectivity index (χ4n) is 2.88. The van der Waals surface area contributed by atoms with E-state index in [1.54, 1.807) is 0 Å². The Kier molecular flexibility index (Phi) is 9.02. The molecule has 0 aliphatic heterocycles. The average Bonchev–Trinajstić information content (AvgIpc) is 2.89. The van der Waals surface area contributed by atoms with Crippen molar-refractivity contribution in [2.45, 2.75) is 0 Å². The number of anilines is 3. The average molecular weight is 534 g/mol. The van der Waals surface area contributed by atoms with Crippen LogP contribution in [0.15, 0.2) is 70.9 Å². The molecular formula is C25H23N7O7. The first kappa shape index (κ1) is 27.5. The Morgan fingerprint density at radius 3 is 1.82 bits per heavy atom. The highest BCUT2D eigenvalue weighted by atomic mass is 16.3. The molecule has 1 aromatic heterocycles. The van der Waals surface area contributed by atoms with E-state index in [1.165, 1.54) is 61.0 Å². The molecule has 0 spiro atoms. The molecule has 14 nitrogen and oxygen atoms in total. The third kappa shape index (κ3) is 8.25. The van der Waals surface area contributed by atoms with Gasteiger partial charge in [-0.25, -0.2) is 10.4 Å². The van der Waals surface area contributed by atoms with Crippen LogP contribution in [0.2, 0.25) is 0 Å². The minimum absolute atomic E-state index is 0.00825. The number of nitrogens with one attached hydrogen (secondary N) is 3. The van der Waals surface area contributed by atoms with Crippen LogP contribution in [0.25, 0.3) is 0 Å². The summed E-state index contributed by atoms with van der Waals surface area (Å²) >= 11 is 0. The molecular weight excluding hydrogens is 510 g/mol. The first-order chi connectivity index (χ1) is 18.6. The number of aromatic hydroxyl groups is 5. The number of carbonyl (C=O) groups excluding carboxylic acids is 1. The lowest BCUT2D eigenvalue weighted by Crippen LogP contribution is -2.18. The Hall–Kier alpha value is -6.05. The molecule has 4 aromatic rings. The van der Waals surface area contributed by atoms with E-state index in [1.807, 2.05) is 0 Å². The lowest BCUT2D eigenvalue weighted by Gasteiger charge is -2.06. The number of hydrogen-bond acceptors (Lipinski definition) is 13. The predicted octanol–water partition coefficient (Wildman–Crippen LogP) is 1.47. The van der Waals surface area contributed by atoms with E-state index in [2.05, 4.69) is 31.0 Å². The number of nitrogens with two attached hydrogens (primary N) is 1. The first-order valence-corrected chi connectivity index (χ1v) is 10.9. The number of hydrazone groups is 2. The van der Waals surface area contributed by atoms with Crippen LogP contribution in [0.1, 0.15) is 21.5 Å². The lowest BCUT2D eigenvalue weighted by atomic mass is 10.2. The Morgan fingerprint density at radius 2 is 1.28 bits per heavy atom. The number of phenols is 5. The highest BCUT2D eigenvalue weighted by molar-refractivity contribution is 5.85. The minimum atomic E-state index is -0.368. The van der Waals surface area contributed by atoms with Crippen molar-refractivity contribution in [2.75, 3.05) is 16.6 Å². The van der Waals surface area contributed by atoms with Crippen molar-refractivity contribution in [1.82, 2.24) is 4.98 Å². The van der Waals surface area contributed by atoms with Crippen molar-refractivity contribution < 1.29 is 40.4 Å².